The summed E-state index contributed by atoms with van der Waals surface area (Å²) in [4.78, 5) is 8.57. The lowest BCUT2D eigenvalue weighted by atomic mass is 10.2. The third kappa shape index (κ3) is 2.91. The topological polar surface area (TPSA) is 42.7 Å². The van der Waals surface area contributed by atoms with E-state index >= 15 is 0 Å². The Morgan fingerprint density at radius 1 is 1.29 bits per heavy atom. The minimum atomic E-state index is 0.488. The minimum Gasteiger partial charge on any atom is -0.310 e. The van der Waals surface area contributed by atoms with Gasteiger partial charge in [0, 0.05) is 31.2 Å². The second-order valence-electron chi connectivity index (χ2n) is 4.40. The second-order valence-corrected chi connectivity index (χ2v) is 4.40. The predicted octanol–water partition coefficient (Wildman–Crippen LogP) is 2.07. The number of aryl methyl sites for hydroxylation is 1. The van der Waals surface area contributed by atoms with Gasteiger partial charge in [-0.25, -0.2) is 9.97 Å². The molecule has 0 bridgehead atoms. The maximum atomic E-state index is 4.36. The number of hydrogen-bond donors (Lipinski definition) is 1. The maximum absolute atomic E-state index is 4.36. The lowest BCUT2D eigenvalue weighted by Crippen LogP contribution is -2.21. The Balaban J connectivity index is 2.20. The lowest BCUT2D eigenvalue weighted by Gasteiger charge is -2.09. The van der Waals surface area contributed by atoms with Gasteiger partial charge in [0.2, 0.25) is 0 Å². The summed E-state index contributed by atoms with van der Waals surface area (Å²) in [5, 5.41) is 3.40. The average molecular weight is 230 g/mol. The molecule has 2 aromatic heterocycles. The number of aromatic nitrogens is 3. The monoisotopic (exact) mass is 230 g/mol. The summed E-state index contributed by atoms with van der Waals surface area (Å²) in [6.45, 7) is 7.12. The van der Waals surface area contributed by atoms with Crippen LogP contribution in [0.2, 0.25) is 0 Å². The van der Waals surface area contributed by atoms with Gasteiger partial charge in [-0.1, -0.05) is 13.8 Å². The molecule has 2 heterocycles. The Hall–Kier alpha value is -1.68. The normalized spacial score (nSPS) is 11.1. The van der Waals surface area contributed by atoms with E-state index in [0.717, 1.165) is 18.2 Å². The van der Waals surface area contributed by atoms with E-state index in [-0.39, 0.29) is 0 Å². The van der Waals surface area contributed by atoms with Crippen LogP contribution in [0.15, 0.2) is 30.7 Å². The van der Waals surface area contributed by atoms with E-state index in [1.807, 2.05) is 30.0 Å². The molecule has 2 rings (SSSR count). The molecule has 0 saturated carbocycles. The van der Waals surface area contributed by atoms with Gasteiger partial charge in [0.25, 0.3) is 0 Å². The highest BCUT2D eigenvalue weighted by Crippen LogP contribution is 2.09. The molecule has 1 N–H and O–H groups in total. The molecule has 17 heavy (non-hydrogen) atoms. The first-order chi connectivity index (χ1) is 8.16. The van der Waals surface area contributed by atoms with Crippen LogP contribution in [0.3, 0.4) is 0 Å². The number of nitrogens with zero attached hydrogens (tertiary/aromatic N) is 3. The van der Waals surface area contributed by atoms with Gasteiger partial charge in [-0.3, -0.25) is 4.57 Å². The fourth-order valence-electron chi connectivity index (χ4n) is 1.64. The number of imidazole rings is 1. The largest absolute Gasteiger partial charge is 0.310 e. The van der Waals surface area contributed by atoms with Gasteiger partial charge in [0.15, 0.2) is 0 Å². The van der Waals surface area contributed by atoms with Crippen LogP contribution < -0.4 is 5.32 Å². The van der Waals surface area contributed by atoms with Crippen LogP contribution in [-0.4, -0.2) is 20.6 Å². The maximum Gasteiger partial charge on any atom is 0.138 e. The first kappa shape index (κ1) is 11.8. The molecule has 4 heteroatoms. The smallest absolute Gasteiger partial charge is 0.138 e. The van der Waals surface area contributed by atoms with E-state index in [0.29, 0.717) is 6.04 Å². The van der Waals surface area contributed by atoms with Crippen molar-refractivity contribution in [2.45, 2.75) is 33.4 Å². The fraction of sp³-hybridized carbons (Fsp3) is 0.385. The summed E-state index contributed by atoms with van der Waals surface area (Å²) in [7, 11) is 0. The summed E-state index contributed by atoms with van der Waals surface area (Å²) in [5.74, 6) is 1.87. The molecule has 0 atom stereocenters. The highest BCUT2D eigenvalue weighted by Gasteiger charge is 2.03. The lowest BCUT2D eigenvalue weighted by molar-refractivity contribution is 0.588. The Morgan fingerprint density at radius 3 is 2.76 bits per heavy atom. The molecule has 0 amide bonds. The number of nitrogens with one attached hydrogen (secondary N) is 1. The average Bonchev–Trinajstić information content (AvgIpc) is 2.73. The van der Waals surface area contributed by atoms with Crippen LogP contribution in [0.1, 0.15) is 25.2 Å². The first-order valence-electron chi connectivity index (χ1n) is 5.85. The van der Waals surface area contributed by atoms with Crippen molar-refractivity contribution in [3.63, 3.8) is 0 Å². The van der Waals surface area contributed by atoms with Crippen molar-refractivity contribution in [3.8, 4) is 5.82 Å². The van der Waals surface area contributed by atoms with Crippen molar-refractivity contribution in [2.75, 3.05) is 0 Å². The summed E-state index contributed by atoms with van der Waals surface area (Å²) in [6, 6.07) is 4.61. The van der Waals surface area contributed by atoms with E-state index in [2.05, 4.69) is 35.2 Å². The van der Waals surface area contributed by atoms with Crippen molar-refractivity contribution in [3.05, 3.63) is 42.1 Å². The van der Waals surface area contributed by atoms with Crippen LogP contribution >= 0.6 is 0 Å². The van der Waals surface area contributed by atoms with Gasteiger partial charge in [-0.05, 0) is 24.6 Å². The van der Waals surface area contributed by atoms with Crippen LogP contribution in [0.4, 0.5) is 0 Å². The standard InChI is InChI=1S/C13H18N4/c1-10(2)16-9-12-4-5-15-13(8-12)17-7-6-14-11(17)3/h4-8,10,16H,9H2,1-3H3. The second kappa shape index (κ2) is 5.10. The Kier molecular flexibility index (Phi) is 3.54. The summed E-state index contributed by atoms with van der Waals surface area (Å²) in [5.41, 5.74) is 1.23. The minimum absolute atomic E-state index is 0.488. The molecule has 2 aromatic rings. The number of pyridine rings is 1. The fourth-order valence-corrected chi connectivity index (χ4v) is 1.64. The molecule has 0 aliphatic heterocycles. The van der Waals surface area contributed by atoms with Crippen LogP contribution in [0, 0.1) is 6.92 Å². The summed E-state index contributed by atoms with van der Waals surface area (Å²) >= 11 is 0. The Labute approximate surface area is 102 Å². The van der Waals surface area contributed by atoms with Gasteiger partial charge >= 0.3 is 0 Å². The van der Waals surface area contributed by atoms with E-state index < -0.39 is 0 Å². The number of hydrogen-bond acceptors (Lipinski definition) is 3. The molecular formula is C13H18N4. The van der Waals surface area contributed by atoms with E-state index in [1.165, 1.54) is 5.56 Å². The molecule has 90 valence electrons. The highest BCUT2D eigenvalue weighted by atomic mass is 15.1. The Bertz CT molecular complexity index is 488. The van der Waals surface area contributed by atoms with Crippen molar-refractivity contribution < 1.29 is 0 Å². The molecule has 0 aromatic carbocycles. The van der Waals surface area contributed by atoms with Crippen LogP contribution in [0.5, 0.6) is 0 Å². The molecule has 0 aliphatic rings. The van der Waals surface area contributed by atoms with Gasteiger partial charge in [0.05, 0.1) is 0 Å². The zero-order valence-electron chi connectivity index (χ0n) is 10.5. The molecular weight excluding hydrogens is 212 g/mol. The zero-order valence-corrected chi connectivity index (χ0v) is 10.5. The zero-order chi connectivity index (χ0) is 12.3. The van der Waals surface area contributed by atoms with Crippen molar-refractivity contribution in [2.24, 2.45) is 0 Å². The van der Waals surface area contributed by atoms with Crippen LogP contribution in [0.25, 0.3) is 5.82 Å². The third-order valence-electron chi connectivity index (χ3n) is 2.60. The molecule has 0 aliphatic carbocycles. The van der Waals surface area contributed by atoms with Gasteiger partial charge < -0.3 is 5.32 Å². The summed E-state index contributed by atoms with van der Waals surface area (Å²) < 4.78 is 1.98. The van der Waals surface area contributed by atoms with E-state index in [9.17, 15) is 0 Å². The quantitative estimate of drug-likeness (QED) is 0.874. The molecule has 4 nitrogen and oxygen atoms in total. The number of rotatable bonds is 4. The molecule has 0 saturated heterocycles. The van der Waals surface area contributed by atoms with Crippen molar-refractivity contribution in [1.82, 2.24) is 19.9 Å². The third-order valence-corrected chi connectivity index (χ3v) is 2.60. The Morgan fingerprint density at radius 2 is 2.12 bits per heavy atom. The summed E-state index contributed by atoms with van der Waals surface area (Å²) in [6.07, 6.45) is 5.56. The molecule has 0 spiro atoms. The van der Waals surface area contributed by atoms with Crippen LogP contribution in [-0.2, 0) is 6.54 Å². The van der Waals surface area contributed by atoms with E-state index in [4.69, 9.17) is 0 Å². The molecule has 0 radical (unpaired) electrons. The van der Waals surface area contributed by atoms with Gasteiger partial charge in [0.1, 0.15) is 11.6 Å². The SMILES string of the molecule is Cc1nccn1-c1cc(CNC(C)C)ccn1. The van der Waals surface area contributed by atoms with Gasteiger partial charge in [-0.15, -0.1) is 0 Å². The van der Waals surface area contributed by atoms with Crippen molar-refractivity contribution >= 4 is 0 Å². The molecule has 0 unspecified atom stereocenters. The van der Waals surface area contributed by atoms with E-state index in [1.54, 1.807) is 6.20 Å². The predicted molar refractivity (Wildman–Crippen MR) is 68.1 cm³/mol. The molecule has 0 fully saturated rings. The highest BCUT2D eigenvalue weighted by molar-refractivity contribution is 5.29. The first-order valence-corrected chi connectivity index (χ1v) is 5.85. The van der Waals surface area contributed by atoms with Gasteiger partial charge in [-0.2, -0.15) is 0 Å². The van der Waals surface area contributed by atoms with Crippen molar-refractivity contribution in [1.29, 1.82) is 0 Å².